The zero-order valence-electron chi connectivity index (χ0n) is 14.9. The summed E-state index contributed by atoms with van der Waals surface area (Å²) in [7, 11) is 1.90. The largest absolute Gasteiger partial charge is 0.358 e. The number of hydrogen-bond donors (Lipinski definition) is 1. The third-order valence-corrected chi connectivity index (χ3v) is 5.88. The summed E-state index contributed by atoms with van der Waals surface area (Å²) in [4.78, 5) is 15.0. The van der Waals surface area contributed by atoms with E-state index in [1.54, 1.807) is 0 Å². The maximum absolute atomic E-state index is 13.1. The lowest BCUT2D eigenvalue weighted by molar-refractivity contribution is -0.131. The SMILES string of the molecule is CN(C(=S)NCc1ccccc1)C1(c2ccccc2Cl)CCCCC1=O. The van der Waals surface area contributed by atoms with E-state index < -0.39 is 5.54 Å². The van der Waals surface area contributed by atoms with Gasteiger partial charge in [0.05, 0.1) is 0 Å². The first-order chi connectivity index (χ1) is 12.6. The van der Waals surface area contributed by atoms with Crippen molar-refractivity contribution in [1.82, 2.24) is 10.2 Å². The molecule has 1 aliphatic rings. The fourth-order valence-corrected chi connectivity index (χ4v) is 4.22. The molecule has 0 heterocycles. The molecule has 1 fully saturated rings. The van der Waals surface area contributed by atoms with Crippen LogP contribution in [0.25, 0.3) is 0 Å². The minimum absolute atomic E-state index is 0.184. The standard InChI is InChI=1S/C21H23ClN2OS/c1-24(20(26)23-15-16-9-3-2-4-10-16)21(14-8-7-13-19(21)25)17-11-5-6-12-18(17)22/h2-6,9-12H,7-8,13-15H2,1H3,(H,23,26). The van der Waals surface area contributed by atoms with Crippen LogP contribution >= 0.6 is 23.8 Å². The van der Waals surface area contributed by atoms with Gasteiger partial charge in [-0.25, -0.2) is 0 Å². The van der Waals surface area contributed by atoms with Gasteiger partial charge in [-0.1, -0.05) is 60.1 Å². The van der Waals surface area contributed by atoms with E-state index in [4.69, 9.17) is 23.8 Å². The van der Waals surface area contributed by atoms with Crippen molar-refractivity contribution in [3.05, 3.63) is 70.7 Å². The molecule has 0 amide bonds. The number of rotatable bonds is 4. The van der Waals surface area contributed by atoms with Crippen LogP contribution < -0.4 is 5.32 Å². The van der Waals surface area contributed by atoms with Crippen molar-refractivity contribution in [3.8, 4) is 0 Å². The lowest BCUT2D eigenvalue weighted by Crippen LogP contribution is -2.56. The number of thiocarbonyl (C=S) groups is 1. The van der Waals surface area contributed by atoms with Gasteiger partial charge in [-0.2, -0.15) is 0 Å². The Kier molecular flexibility index (Phi) is 5.94. The second kappa shape index (κ2) is 8.19. The highest BCUT2D eigenvalue weighted by molar-refractivity contribution is 7.80. The third kappa shape index (κ3) is 3.62. The molecule has 1 saturated carbocycles. The topological polar surface area (TPSA) is 32.3 Å². The van der Waals surface area contributed by atoms with Crippen LogP contribution in [-0.4, -0.2) is 22.8 Å². The number of carbonyl (C=O) groups is 1. The molecule has 0 spiro atoms. The second-order valence-electron chi connectivity index (χ2n) is 6.67. The number of nitrogens with one attached hydrogen (secondary N) is 1. The van der Waals surface area contributed by atoms with Crippen molar-refractivity contribution >= 4 is 34.7 Å². The summed E-state index contributed by atoms with van der Waals surface area (Å²) in [5, 5.41) is 4.46. The van der Waals surface area contributed by atoms with Gasteiger partial charge < -0.3 is 10.2 Å². The Morgan fingerprint density at radius 2 is 1.85 bits per heavy atom. The number of ketones is 1. The van der Waals surface area contributed by atoms with Gasteiger partial charge in [-0.15, -0.1) is 0 Å². The lowest BCUT2D eigenvalue weighted by Gasteiger charge is -2.45. The molecule has 1 unspecified atom stereocenters. The Hall–Kier alpha value is -1.91. The molecule has 0 radical (unpaired) electrons. The minimum Gasteiger partial charge on any atom is -0.358 e. The molecule has 3 nitrogen and oxygen atoms in total. The van der Waals surface area contributed by atoms with Gasteiger partial charge in [0.25, 0.3) is 0 Å². The number of halogens is 1. The van der Waals surface area contributed by atoms with Crippen molar-refractivity contribution in [2.24, 2.45) is 0 Å². The molecule has 3 rings (SSSR count). The van der Waals surface area contributed by atoms with E-state index in [0.29, 0.717) is 23.1 Å². The van der Waals surface area contributed by atoms with E-state index in [1.807, 2.05) is 66.5 Å². The van der Waals surface area contributed by atoms with Crippen LogP contribution in [0.1, 0.15) is 36.8 Å². The summed E-state index contributed by atoms with van der Waals surface area (Å²) < 4.78 is 0. The van der Waals surface area contributed by atoms with Crippen LogP contribution in [0.2, 0.25) is 5.02 Å². The van der Waals surface area contributed by atoms with E-state index in [-0.39, 0.29) is 5.78 Å². The van der Waals surface area contributed by atoms with E-state index >= 15 is 0 Å². The first-order valence-corrected chi connectivity index (χ1v) is 9.68. The average molecular weight is 387 g/mol. The molecule has 0 bridgehead atoms. The van der Waals surface area contributed by atoms with Crippen LogP contribution in [0.15, 0.2) is 54.6 Å². The first kappa shape index (κ1) is 18.9. The van der Waals surface area contributed by atoms with E-state index in [9.17, 15) is 4.79 Å². The van der Waals surface area contributed by atoms with Crippen LogP contribution in [0.3, 0.4) is 0 Å². The van der Waals surface area contributed by atoms with Gasteiger partial charge >= 0.3 is 0 Å². The second-order valence-corrected chi connectivity index (χ2v) is 7.47. The minimum atomic E-state index is -0.794. The van der Waals surface area contributed by atoms with Gasteiger partial charge in [0.2, 0.25) is 0 Å². The molecule has 1 N–H and O–H groups in total. The Morgan fingerprint density at radius 1 is 1.15 bits per heavy atom. The van der Waals surface area contributed by atoms with Gasteiger partial charge in [0.1, 0.15) is 5.54 Å². The summed E-state index contributed by atoms with van der Waals surface area (Å²) in [6.45, 7) is 0.622. The summed E-state index contributed by atoms with van der Waals surface area (Å²) in [6.07, 6.45) is 3.17. The maximum Gasteiger partial charge on any atom is 0.170 e. The maximum atomic E-state index is 13.1. The summed E-state index contributed by atoms with van der Waals surface area (Å²) in [5.74, 6) is 0.184. The van der Waals surface area contributed by atoms with Gasteiger partial charge in [-0.05, 0) is 43.1 Å². The van der Waals surface area contributed by atoms with Crippen molar-refractivity contribution in [3.63, 3.8) is 0 Å². The number of carbonyl (C=O) groups excluding carboxylic acids is 1. The monoisotopic (exact) mass is 386 g/mol. The lowest BCUT2D eigenvalue weighted by atomic mass is 9.74. The zero-order chi connectivity index (χ0) is 18.6. The van der Waals surface area contributed by atoms with Crippen LogP contribution in [0.4, 0.5) is 0 Å². The highest BCUT2D eigenvalue weighted by atomic mass is 35.5. The van der Waals surface area contributed by atoms with Crippen molar-refractivity contribution in [2.75, 3.05) is 7.05 Å². The Bertz CT molecular complexity index is 796. The summed E-state index contributed by atoms with van der Waals surface area (Å²) >= 11 is 12.1. The summed E-state index contributed by atoms with van der Waals surface area (Å²) in [5.41, 5.74) is 1.19. The van der Waals surface area contributed by atoms with E-state index in [0.717, 1.165) is 30.4 Å². The van der Waals surface area contributed by atoms with Gasteiger partial charge in [0.15, 0.2) is 10.9 Å². The predicted octanol–water partition coefficient (Wildman–Crippen LogP) is 4.68. The molecular weight excluding hydrogens is 364 g/mol. The number of nitrogens with zero attached hydrogens (tertiary/aromatic N) is 1. The van der Waals surface area contributed by atoms with E-state index in [1.165, 1.54) is 0 Å². The van der Waals surface area contributed by atoms with Crippen molar-refractivity contribution in [1.29, 1.82) is 0 Å². The molecule has 26 heavy (non-hydrogen) atoms. The molecule has 5 heteroatoms. The molecule has 2 aromatic rings. The van der Waals surface area contributed by atoms with Crippen molar-refractivity contribution < 1.29 is 4.79 Å². The molecule has 136 valence electrons. The van der Waals surface area contributed by atoms with Crippen LogP contribution in [-0.2, 0) is 16.9 Å². The van der Waals surface area contributed by atoms with Gasteiger partial charge in [-0.3, -0.25) is 4.79 Å². The Labute approximate surface area is 165 Å². The predicted molar refractivity (Wildman–Crippen MR) is 110 cm³/mol. The Balaban J connectivity index is 1.88. The van der Waals surface area contributed by atoms with Gasteiger partial charge in [0, 0.05) is 30.6 Å². The molecule has 0 saturated heterocycles. The fraction of sp³-hybridized carbons (Fsp3) is 0.333. The zero-order valence-corrected chi connectivity index (χ0v) is 16.4. The number of likely N-dealkylation sites (N-methyl/N-ethyl adjacent to an activating group) is 1. The molecule has 1 atom stereocenters. The highest BCUT2D eigenvalue weighted by Gasteiger charge is 2.47. The third-order valence-electron chi connectivity index (χ3n) is 5.14. The summed E-state index contributed by atoms with van der Waals surface area (Å²) in [6, 6.07) is 17.7. The average Bonchev–Trinajstić information content (AvgIpc) is 2.67. The van der Waals surface area contributed by atoms with Crippen molar-refractivity contribution in [2.45, 2.75) is 37.8 Å². The van der Waals surface area contributed by atoms with E-state index in [2.05, 4.69) is 5.32 Å². The number of hydrogen-bond acceptors (Lipinski definition) is 2. The smallest absolute Gasteiger partial charge is 0.170 e. The normalized spacial score (nSPS) is 19.8. The molecule has 2 aromatic carbocycles. The quantitative estimate of drug-likeness (QED) is 0.773. The fourth-order valence-electron chi connectivity index (χ4n) is 3.69. The molecule has 0 aromatic heterocycles. The number of Topliss-reactive ketones (excluding diaryl/α,β-unsaturated/α-hetero) is 1. The Morgan fingerprint density at radius 3 is 2.54 bits per heavy atom. The first-order valence-electron chi connectivity index (χ1n) is 8.89. The highest BCUT2D eigenvalue weighted by Crippen LogP contribution is 2.42. The molecule has 1 aliphatic carbocycles. The number of benzene rings is 2. The van der Waals surface area contributed by atoms with Crippen LogP contribution in [0, 0.1) is 0 Å². The molecular formula is C21H23ClN2OS. The van der Waals surface area contributed by atoms with Crippen LogP contribution in [0.5, 0.6) is 0 Å². The molecule has 0 aliphatic heterocycles.